The molecule has 1 heterocycles. The third-order valence-corrected chi connectivity index (χ3v) is 7.10. The molecule has 8 heteroatoms. The fraction of sp³-hybridized carbons (Fsp3) is 0.391. The summed E-state index contributed by atoms with van der Waals surface area (Å²) < 4.78 is 41.4. The highest BCUT2D eigenvalue weighted by atomic mass is 32.2. The number of nitrogens with zero attached hydrogens (tertiary/aromatic N) is 2. The van der Waals surface area contributed by atoms with Gasteiger partial charge in [-0.3, -0.25) is 0 Å². The van der Waals surface area contributed by atoms with E-state index in [1.54, 1.807) is 12.1 Å². The monoisotopic (exact) mass is 440 g/mol. The van der Waals surface area contributed by atoms with Crippen LogP contribution in [0, 0.1) is 12.7 Å². The summed E-state index contributed by atoms with van der Waals surface area (Å²) in [4.78, 5) is 9.11. The van der Waals surface area contributed by atoms with E-state index in [2.05, 4.69) is 20.0 Å². The summed E-state index contributed by atoms with van der Waals surface area (Å²) in [6, 6.07) is 11.3. The lowest BCUT2D eigenvalue weighted by atomic mass is 10.00. The van der Waals surface area contributed by atoms with E-state index in [1.165, 1.54) is 6.07 Å². The number of aromatic nitrogens is 2. The van der Waals surface area contributed by atoms with Crippen LogP contribution in [0.2, 0.25) is 0 Å². The van der Waals surface area contributed by atoms with Crippen molar-refractivity contribution in [3.8, 4) is 11.1 Å². The van der Waals surface area contributed by atoms with Crippen molar-refractivity contribution in [1.29, 1.82) is 0 Å². The molecule has 1 aromatic heterocycles. The Balaban J connectivity index is 1.44. The molecule has 2 fully saturated rings. The van der Waals surface area contributed by atoms with Crippen molar-refractivity contribution in [3.05, 3.63) is 53.6 Å². The van der Waals surface area contributed by atoms with Gasteiger partial charge in [0.25, 0.3) is 0 Å². The largest absolute Gasteiger partial charge is 0.367 e. The number of hydrogen-bond donors (Lipinski definition) is 2. The van der Waals surface area contributed by atoms with Crippen molar-refractivity contribution in [2.75, 3.05) is 11.1 Å². The topological polar surface area (TPSA) is 84.0 Å². The minimum atomic E-state index is -3.40. The minimum absolute atomic E-state index is 0.0584. The van der Waals surface area contributed by atoms with Crippen molar-refractivity contribution >= 4 is 26.7 Å². The quantitative estimate of drug-likeness (QED) is 0.554. The number of sulfonamides is 1. The molecule has 2 aliphatic rings. The first-order valence-corrected chi connectivity index (χ1v) is 12.4. The zero-order valence-corrected chi connectivity index (χ0v) is 18.2. The molecule has 3 aromatic rings. The van der Waals surface area contributed by atoms with Crippen LogP contribution in [0.1, 0.15) is 37.1 Å². The summed E-state index contributed by atoms with van der Waals surface area (Å²) in [6.07, 6.45) is 4.18. The Labute approximate surface area is 181 Å². The number of aryl methyl sites for hydroxylation is 2. The fourth-order valence-electron chi connectivity index (χ4n) is 3.66. The Kier molecular flexibility index (Phi) is 5.14. The smallest absolute Gasteiger partial charge is 0.212 e. The van der Waals surface area contributed by atoms with Gasteiger partial charge >= 0.3 is 0 Å². The Morgan fingerprint density at radius 3 is 2.45 bits per heavy atom. The number of fused-ring (bicyclic) bond motifs is 1. The Hall–Kier alpha value is -2.58. The van der Waals surface area contributed by atoms with Crippen molar-refractivity contribution in [2.45, 2.75) is 51.1 Å². The second kappa shape index (κ2) is 7.84. The van der Waals surface area contributed by atoms with Crippen molar-refractivity contribution in [3.63, 3.8) is 0 Å². The Morgan fingerprint density at radius 2 is 1.71 bits per heavy atom. The number of benzene rings is 2. The summed E-state index contributed by atoms with van der Waals surface area (Å²) >= 11 is 0. The molecular weight excluding hydrogens is 415 g/mol. The predicted molar refractivity (Wildman–Crippen MR) is 120 cm³/mol. The molecule has 2 aliphatic carbocycles. The van der Waals surface area contributed by atoms with Gasteiger partial charge in [0.15, 0.2) is 0 Å². The van der Waals surface area contributed by atoms with Gasteiger partial charge < -0.3 is 5.32 Å². The van der Waals surface area contributed by atoms with E-state index in [1.807, 2.05) is 25.1 Å². The lowest BCUT2D eigenvalue weighted by Gasteiger charge is -2.12. The molecule has 0 amide bonds. The molecule has 2 N–H and O–H groups in total. The number of nitrogens with one attached hydrogen (secondary N) is 2. The predicted octanol–water partition coefficient (Wildman–Crippen LogP) is 3.94. The summed E-state index contributed by atoms with van der Waals surface area (Å²) in [5.74, 6) is 1.03. The zero-order chi connectivity index (χ0) is 21.6. The fourth-order valence-corrected chi connectivity index (χ4v) is 5.01. The van der Waals surface area contributed by atoms with E-state index >= 15 is 0 Å². The van der Waals surface area contributed by atoms with Crippen molar-refractivity contribution in [2.24, 2.45) is 0 Å². The van der Waals surface area contributed by atoms with Crippen LogP contribution in [-0.2, 0) is 16.4 Å². The zero-order valence-electron chi connectivity index (χ0n) is 17.4. The summed E-state index contributed by atoms with van der Waals surface area (Å²) in [7, 11) is -3.40. The maximum atomic E-state index is 14.4. The highest BCUT2D eigenvalue weighted by Gasteiger charge is 2.27. The van der Waals surface area contributed by atoms with Crippen LogP contribution in [0.3, 0.4) is 0 Å². The number of rotatable bonds is 8. The van der Waals surface area contributed by atoms with Gasteiger partial charge in [0.2, 0.25) is 10.0 Å². The Morgan fingerprint density at radius 1 is 1.00 bits per heavy atom. The van der Waals surface area contributed by atoms with Crippen LogP contribution in [0.15, 0.2) is 36.4 Å². The van der Waals surface area contributed by atoms with Gasteiger partial charge in [-0.25, -0.2) is 27.5 Å². The van der Waals surface area contributed by atoms with E-state index in [-0.39, 0.29) is 24.0 Å². The van der Waals surface area contributed by atoms with E-state index in [0.717, 1.165) is 53.5 Å². The molecule has 6 nitrogen and oxygen atoms in total. The first-order chi connectivity index (χ1) is 14.9. The molecule has 2 saturated carbocycles. The van der Waals surface area contributed by atoms with E-state index < -0.39 is 10.0 Å². The molecule has 0 unspecified atom stereocenters. The Bertz CT molecular complexity index is 1250. The maximum absolute atomic E-state index is 14.4. The number of anilines is 1. The van der Waals surface area contributed by atoms with Crippen LogP contribution in [0.25, 0.3) is 22.0 Å². The summed E-state index contributed by atoms with van der Waals surface area (Å²) in [5, 5.41) is 4.40. The van der Waals surface area contributed by atoms with Gasteiger partial charge in [0.1, 0.15) is 17.5 Å². The maximum Gasteiger partial charge on any atom is 0.212 e. The molecule has 0 spiro atoms. The van der Waals surface area contributed by atoms with Gasteiger partial charge in [0.05, 0.1) is 11.3 Å². The summed E-state index contributed by atoms with van der Waals surface area (Å²) in [6.45, 7) is 1.88. The molecule has 0 bridgehead atoms. The molecule has 31 heavy (non-hydrogen) atoms. The molecule has 5 rings (SSSR count). The minimum Gasteiger partial charge on any atom is -0.367 e. The number of halogens is 1. The second-order valence-electron chi connectivity index (χ2n) is 8.54. The lowest BCUT2D eigenvalue weighted by molar-refractivity contribution is 0.578. The molecule has 0 aliphatic heterocycles. The third-order valence-electron chi connectivity index (χ3n) is 5.67. The van der Waals surface area contributed by atoms with Crippen LogP contribution in [0.5, 0.6) is 0 Å². The molecule has 162 valence electrons. The lowest BCUT2D eigenvalue weighted by Crippen LogP contribution is -2.29. The molecule has 0 radical (unpaired) electrons. The van der Waals surface area contributed by atoms with Gasteiger partial charge in [-0.1, -0.05) is 12.1 Å². The van der Waals surface area contributed by atoms with Gasteiger partial charge in [-0.2, -0.15) is 0 Å². The second-order valence-corrected chi connectivity index (χ2v) is 10.4. The van der Waals surface area contributed by atoms with Crippen LogP contribution >= 0.6 is 0 Å². The normalized spacial score (nSPS) is 16.6. The first kappa shape index (κ1) is 20.3. The van der Waals surface area contributed by atoms with E-state index in [0.29, 0.717) is 17.4 Å². The highest BCUT2D eigenvalue weighted by molar-refractivity contribution is 7.89. The van der Waals surface area contributed by atoms with Gasteiger partial charge in [0, 0.05) is 17.5 Å². The standard InChI is InChI=1S/C23H25FN4O2S/c1-14-25-22-9-3-16(13-20(22)23(26-14)27-18-4-5-18)15-2-8-21(24)17(12-15)10-11-31(29,30)28-19-6-7-19/h2-3,8-9,12-13,18-19,28H,4-7,10-11H2,1H3,(H,25,26,27). The SMILES string of the molecule is Cc1nc(NC2CC2)c2cc(-c3ccc(F)c(CCS(=O)(=O)NC4CC4)c3)ccc2n1. The number of hydrogen-bond acceptors (Lipinski definition) is 5. The molecule has 0 atom stereocenters. The van der Waals surface area contributed by atoms with Crippen molar-refractivity contribution in [1.82, 2.24) is 14.7 Å². The van der Waals surface area contributed by atoms with E-state index in [9.17, 15) is 12.8 Å². The van der Waals surface area contributed by atoms with Crippen molar-refractivity contribution < 1.29 is 12.8 Å². The van der Waals surface area contributed by atoms with Gasteiger partial charge in [-0.15, -0.1) is 0 Å². The first-order valence-electron chi connectivity index (χ1n) is 10.7. The average molecular weight is 441 g/mol. The van der Waals surface area contributed by atoms with E-state index in [4.69, 9.17) is 0 Å². The molecular formula is C23H25FN4O2S. The third kappa shape index (κ3) is 4.85. The average Bonchev–Trinajstić information content (AvgIpc) is 3.65. The van der Waals surface area contributed by atoms with Crippen LogP contribution in [0.4, 0.5) is 10.2 Å². The van der Waals surface area contributed by atoms with Crippen LogP contribution < -0.4 is 10.0 Å². The van der Waals surface area contributed by atoms with Gasteiger partial charge in [-0.05, 0) is 80.0 Å². The highest BCUT2D eigenvalue weighted by Crippen LogP contribution is 2.31. The molecule has 2 aromatic carbocycles. The summed E-state index contributed by atoms with van der Waals surface area (Å²) in [5.41, 5.74) is 3.01. The molecule has 0 saturated heterocycles. The van der Waals surface area contributed by atoms with Crippen LogP contribution in [-0.4, -0.2) is 36.2 Å².